The van der Waals surface area contributed by atoms with Crippen LogP contribution in [0.4, 0.5) is 5.82 Å². The maximum Gasteiger partial charge on any atom is 0.348 e. The van der Waals surface area contributed by atoms with Gasteiger partial charge in [-0.1, -0.05) is 11.6 Å². The van der Waals surface area contributed by atoms with Crippen LogP contribution in [0.1, 0.15) is 26.8 Å². The van der Waals surface area contributed by atoms with Gasteiger partial charge in [0.25, 0.3) is 0 Å². The molecule has 152 valence electrons. The van der Waals surface area contributed by atoms with Gasteiger partial charge in [-0.3, -0.25) is 9.88 Å². The molecule has 0 atom stereocenters. The Morgan fingerprint density at radius 2 is 1.97 bits per heavy atom. The number of aryl methyl sites for hydroxylation is 2. The second-order valence-electron chi connectivity index (χ2n) is 7.05. The van der Waals surface area contributed by atoms with Crippen LogP contribution in [0.15, 0.2) is 18.3 Å². The summed E-state index contributed by atoms with van der Waals surface area (Å²) in [6, 6.07) is 3.84. The molecule has 4 rings (SSSR count). The number of ether oxygens (including phenoxy) is 1. The number of piperazine rings is 1. The topological polar surface area (TPSA) is 71.5 Å². The molecule has 1 aliphatic heterocycles. The zero-order chi connectivity index (χ0) is 20.5. The van der Waals surface area contributed by atoms with Crippen molar-refractivity contribution < 1.29 is 9.53 Å². The number of methoxy groups -OCH3 is 1. The van der Waals surface area contributed by atoms with Gasteiger partial charge in [0.05, 0.1) is 23.2 Å². The minimum atomic E-state index is -0.325. The molecule has 0 N–H and O–H groups in total. The molecule has 0 aliphatic carbocycles. The molecule has 3 aromatic rings. The number of pyridine rings is 1. The van der Waals surface area contributed by atoms with Crippen molar-refractivity contribution in [3.8, 4) is 0 Å². The molecule has 0 saturated carbocycles. The number of nitrogens with zero attached hydrogens (tertiary/aromatic N) is 5. The molecule has 0 radical (unpaired) electrons. The highest BCUT2D eigenvalue weighted by molar-refractivity contribution is 7.20. The van der Waals surface area contributed by atoms with E-state index >= 15 is 0 Å². The standard InChI is InChI=1S/C20H22ClN5O2S/c1-12-16-18(23-13(2)24-19(16)29-17(12)20(27)28-3)26-8-6-25(7-9-26)11-15-5-4-14(21)10-22-15/h4-5,10H,6-9,11H2,1-3H3. The quantitative estimate of drug-likeness (QED) is 0.585. The lowest BCUT2D eigenvalue weighted by Gasteiger charge is -2.35. The molecule has 0 amide bonds. The van der Waals surface area contributed by atoms with Gasteiger partial charge in [-0.2, -0.15) is 0 Å². The Morgan fingerprint density at radius 3 is 2.62 bits per heavy atom. The van der Waals surface area contributed by atoms with Crippen LogP contribution in [0, 0.1) is 13.8 Å². The van der Waals surface area contributed by atoms with E-state index in [9.17, 15) is 4.79 Å². The van der Waals surface area contributed by atoms with Gasteiger partial charge in [-0.25, -0.2) is 14.8 Å². The predicted octanol–water partition coefficient (Wildman–Crippen LogP) is 3.47. The Balaban J connectivity index is 1.55. The van der Waals surface area contributed by atoms with Crippen LogP contribution in [0.5, 0.6) is 0 Å². The van der Waals surface area contributed by atoms with Crippen molar-refractivity contribution in [2.24, 2.45) is 0 Å². The number of carbonyl (C=O) groups is 1. The second-order valence-corrected chi connectivity index (χ2v) is 8.49. The van der Waals surface area contributed by atoms with Crippen molar-refractivity contribution in [1.82, 2.24) is 19.9 Å². The van der Waals surface area contributed by atoms with E-state index in [0.717, 1.165) is 60.0 Å². The third-order valence-corrected chi connectivity index (χ3v) is 6.49. The first-order valence-electron chi connectivity index (χ1n) is 9.40. The number of halogens is 1. The number of hydrogen-bond acceptors (Lipinski definition) is 8. The van der Waals surface area contributed by atoms with E-state index in [1.807, 2.05) is 26.0 Å². The molecule has 0 spiro atoms. The van der Waals surface area contributed by atoms with Crippen molar-refractivity contribution in [3.63, 3.8) is 0 Å². The van der Waals surface area contributed by atoms with Gasteiger partial charge in [-0.15, -0.1) is 11.3 Å². The predicted molar refractivity (Wildman–Crippen MR) is 115 cm³/mol. The summed E-state index contributed by atoms with van der Waals surface area (Å²) in [6.45, 7) is 8.13. The van der Waals surface area contributed by atoms with Crippen molar-refractivity contribution in [1.29, 1.82) is 0 Å². The number of hydrogen-bond donors (Lipinski definition) is 0. The normalized spacial score (nSPS) is 15.1. The fourth-order valence-electron chi connectivity index (χ4n) is 3.58. The van der Waals surface area contributed by atoms with Gasteiger partial charge in [0.2, 0.25) is 0 Å². The van der Waals surface area contributed by atoms with Crippen molar-refractivity contribution >= 4 is 44.9 Å². The summed E-state index contributed by atoms with van der Waals surface area (Å²) in [5.74, 6) is 1.29. The van der Waals surface area contributed by atoms with Gasteiger partial charge >= 0.3 is 5.97 Å². The minimum Gasteiger partial charge on any atom is -0.465 e. The highest BCUT2D eigenvalue weighted by Crippen LogP contribution is 2.36. The third kappa shape index (κ3) is 4.05. The van der Waals surface area contributed by atoms with Crippen molar-refractivity contribution in [2.45, 2.75) is 20.4 Å². The summed E-state index contributed by atoms with van der Waals surface area (Å²) >= 11 is 7.29. The fraction of sp³-hybridized carbons (Fsp3) is 0.400. The third-order valence-electron chi connectivity index (χ3n) is 5.10. The first-order valence-corrected chi connectivity index (χ1v) is 10.6. The molecule has 29 heavy (non-hydrogen) atoms. The summed E-state index contributed by atoms with van der Waals surface area (Å²) < 4.78 is 4.93. The molecule has 0 bridgehead atoms. The van der Waals surface area contributed by atoms with Gasteiger partial charge in [0.1, 0.15) is 21.3 Å². The maximum absolute atomic E-state index is 12.1. The summed E-state index contributed by atoms with van der Waals surface area (Å²) in [4.78, 5) is 31.9. The van der Waals surface area contributed by atoms with Gasteiger partial charge in [0.15, 0.2) is 0 Å². The first-order chi connectivity index (χ1) is 14.0. The lowest BCUT2D eigenvalue weighted by Crippen LogP contribution is -2.46. The average molecular weight is 432 g/mol. The molecule has 0 aromatic carbocycles. The molecular formula is C20H22ClN5O2S. The van der Waals surface area contributed by atoms with E-state index in [1.54, 1.807) is 6.20 Å². The van der Waals surface area contributed by atoms with Crippen LogP contribution in [-0.2, 0) is 11.3 Å². The molecule has 7 nitrogen and oxygen atoms in total. The second kappa shape index (κ2) is 8.22. The van der Waals surface area contributed by atoms with Crippen LogP contribution in [0.2, 0.25) is 5.02 Å². The average Bonchev–Trinajstić information content (AvgIpc) is 3.05. The van der Waals surface area contributed by atoms with Gasteiger partial charge in [0, 0.05) is 38.9 Å². The number of fused-ring (bicyclic) bond motifs is 1. The number of thiophene rings is 1. The molecular weight excluding hydrogens is 410 g/mol. The van der Waals surface area contributed by atoms with E-state index < -0.39 is 0 Å². The van der Waals surface area contributed by atoms with Crippen LogP contribution in [-0.4, -0.2) is 59.1 Å². The monoisotopic (exact) mass is 431 g/mol. The van der Waals surface area contributed by atoms with Crippen LogP contribution in [0.25, 0.3) is 10.2 Å². The van der Waals surface area contributed by atoms with Crippen molar-refractivity contribution in [2.75, 3.05) is 38.2 Å². The Kier molecular flexibility index (Phi) is 5.67. The van der Waals surface area contributed by atoms with E-state index in [1.165, 1.54) is 18.4 Å². The number of esters is 1. The smallest absolute Gasteiger partial charge is 0.348 e. The van der Waals surface area contributed by atoms with E-state index in [-0.39, 0.29) is 5.97 Å². The van der Waals surface area contributed by atoms with E-state index in [0.29, 0.717) is 15.7 Å². The zero-order valence-corrected chi connectivity index (χ0v) is 18.2. The molecule has 9 heteroatoms. The van der Waals surface area contributed by atoms with Gasteiger partial charge in [-0.05, 0) is 31.5 Å². The minimum absolute atomic E-state index is 0.325. The highest BCUT2D eigenvalue weighted by atomic mass is 35.5. The highest BCUT2D eigenvalue weighted by Gasteiger charge is 2.25. The molecule has 3 aromatic heterocycles. The molecule has 1 aliphatic rings. The van der Waals surface area contributed by atoms with E-state index in [2.05, 4.69) is 19.8 Å². The largest absolute Gasteiger partial charge is 0.465 e. The first kappa shape index (κ1) is 20.0. The lowest BCUT2D eigenvalue weighted by molar-refractivity contribution is 0.0605. The Morgan fingerprint density at radius 1 is 1.21 bits per heavy atom. The van der Waals surface area contributed by atoms with Crippen LogP contribution in [0.3, 0.4) is 0 Å². The molecule has 0 unspecified atom stereocenters. The van der Waals surface area contributed by atoms with Crippen LogP contribution >= 0.6 is 22.9 Å². The summed E-state index contributed by atoms with van der Waals surface area (Å²) in [5.41, 5.74) is 1.90. The maximum atomic E-state index is 12.1. The SMILES string of the molecule is COC(=O)c1sc2nc(C)nc(N3CCN(Cc4ccc(Cl)cn4)CC3)c2c1C. The number of carbonyl (C=O) groups excluding carboxylic acids is 1. The summed E-state index contributed by atoms with van der Waals surface area (Å²) in [7, 11) is 1.40. The lowest BCUT2D eigenvalue weighted by atomic mass is 10.1. The Bertz CT molecular complexity index is 1050. The zero-order valence-electron chi connectivity index (χ0n) is 16.6. The molecule has 1 saturated heterocycles. The number of rotatable bonds is 4. The Labute approximate surface area is 178 Å². The number of aromatic nitrogens is 3. The summed E-state index contributed by atoms with van der Waals surface area (Å²) in [5, 5.41) is 1.60. The fourth-order valence-corrected chi connectivity index (χ4v) is 4.84. The number of anilines is 1. The summed E-state index contributed by atoms with van der Waals surface area (Å²) in [6.07, 6.45) is 1.69. The Hall–Kier alpha value is -2.29. The molecule has 4 heterocycles. The van der Waals surface area contributed by atoms with Crippen LogP contribution < -0.4 is 4.90 Å². The van der Waals surface area contributed by atoms with Gasteiger partial charge < -0.3 is 9.64 Å². The molecule has 1 fully saturated rings. The van der Waals surface area contributed by atoms with Crippen molar-refractivity contribution in [3.05, 3.63) is 45.3 Å². The van der Waals surface area contributed by atoms with E-state index in [4.69, 9.17) is 21.3 Å².